The molecule has 10 nitrogen and oxygen atoms in total. The van der Waals surface area contributed by atoms with E-state index >= 15 is 0 Å². The first-order valence-corrected chi connectivity index (χ1v) is 10.5. The van der Waals surface area contributed by atoms with E-state index in [1.807, 2.05) is 13.1 Å². The predicted octanol–water partition coefficient (Wildman–Crippen LogP) is 2.12. The molecule has 0 saturated heterocycles. The molecule has 156 valence electrons. The van der Waals surface area contributed by atoms with Crippen molar-refractivity contribution in [3.8, 4) is 11.6 Å². The fourth-order valence-corrected chi connectivity index (χ4v) is 4.66. The van der Waals surface area contributed by atoms with Crippen molar-refractivity contribution in [2.45, 2.75) is 58.0 Å². The molecule has 0 bridgehead atoms. The van der Waals surface area contributed by atoms with E-state index < -0.39 is 0 Å². The van der Waals surface area contributed by atoms with Crippen molar-refractivity contribution in [3.63, 3.8) is 0 Å². The van der Waals surface area contributed by atoms with E-state index in [0.29, 0.717) is 17.7 Å². The van der Waals surface area contributed by atoms with Crippen molar-refractivity contribution in [1.29, 1.82) is 0 Å². The second-order valence-electron chi connectivity index (χ2n) is 7.83. The van der Waals surface area contributed by atoms with E-state index in [1.165, 1.54) is 12.8 Å². The molecule has 0 spiro atoms. The molecular weight excluding hydrogens is 382 g/mol. The SMILES string of the molecule is CC[C@@H]1c2nnc(C)n2-c2cnc(-n3cnc(C(=O)NC)c3)nc2N1C1CCCC1. The standard InChI is InChI=1S/C20H25N9O/c1-4-15-18-26-25-12(2)28(18)16-9-22-20(27-10-14(23-11-27)19(30)21-3)24-17(16)29(15)13-7-5-6-8-13/h9-11,13,15H,4-8H2,1-3H3,(H,21,30)/t15-/m1/s1. The summed E-state index contributed by atoms with van der Waals surface area (Å²) in [5.41, 5.74) is 1.23. The normalized spacial score (nSPS) is 18.4. The molecule has 3 aromatic rings. The first kappa shape index (κ1) is 18.7. The molecule has 2 aliphatic rings. The van der Waals surface area contributed by atoms with Gasteiger partial charge in [-0.25, -0.2) is 9.97 Å². The van der Waals surface area contributed by atoms with Crippen molar-refractivity contribution >= 4 is 11.7 Å². The molecule has 1 fully saturated rings. The summed E-state index contributed by atoms with van der Waals surface area (Å²) in [5, 5.41) is 11.4. The van der Waals surface area contributed by atoms with Gasteiger partial charge in [0.15, 0.2) is 11.6 Å². The number of amides is 1. The molecule has 3 aromatic heterocycles. The quantitative estimate of drug-likeness (QED) is 0.706. The topological polar surface area (TPSA) is 107 Å². The van der Waals surface area contributed by atoms with E-state index in [4.69, 9.17) is 4.98 Å². The van der Waals surface area contributed by atoms with Crippen molar-refractivity contribution in [2.24, 2.45) is 0 Å². The molecule has 10 heteroatoms. The van der Waals surface area contributed by atoms with Crippen molar-refractivity contribution < 1.29 is 4.79 Å². The lowest BCUT2D eigenvalue weighted by Crippen LogP contribution is -2.42. The number of carbonyl (C=O) groups excluding carboxylic acids is 1. The Hall–Kier alpha value is -3.30. The van der Waals surface area contributed by atoms with Gasteiger partial charge in [0.25, 0.3) is 5.91 Å². The average Bonchev–Trinajstić information content (AvgIpc) is 3.53. The minimum atomic E-state index is -0.241. The van der Waals surface area contributed by atoms with E-state index in [1.54, 1.807) is 24.1 Å². The number of rotatable bonds is 4. The number of imidazole rings is 1. The second kappa shape index (κ2) is 7.19. The molecule has 1 N–H and O–H groups in total. The van der Waals surface area contributed by atoms with E-state index in [-0.39, 0.29) is 11.9 Å². The highest BCUT2D eigenvalue weighted by atomic mass is 16.1. The summed E-state index contributed by atoms with van der Waals surface area (Å²) in [5.74, 6) is 2.93. The summed E-state index contributed by atoms with van der Waals surface area (Å²) in [6.45, 7) is 4.14. The maximum absolute atomic E-state index is 11.9. The van der Waals surface area contributed by atoms with Crippen LogP contribution in [-0.4, -0.2) is 53.3 Å². The largest absolute Gasteiger partial charge is 0.354 e. The molecule has 1 atom stereocenters. The van der Waals surface area contributed by atoms with Crippen molar-refractivity contribution in [3.05, 3.63) is 36.1 Å². The van der Waals surface area contributed by atoms with Gasteiger partial charge in [0, 0.05) is 19.3 Å². The van der Waals surface area contributed by atoms with Crippen LogP contribution < -0.4 is 10.2 Å². The van der Waals surface area contributed by atoms with Crippen molar-refractivity contribution in [2.75, 3.05) is 11.9 Å². The first-order valence-electron chi connectivity index (χ1n) is 10.5. The fourth-order valence-electron chi connectivity index (χ4n) is 4.66. The van der Waals surface area contributed by atoms with Gasteiger partial charge in [-0.2, -0.15) is 4.98 Å². The van der Waals surface area contributed by atoms with Gasteiger partial charge in [-0.3, -0.25) is 13.9 Å². The Morgan fingerprint density at radius 2 is 2.03 bits per heavy atom. The third kappa shape index (κ3) is 2.78. The number of nitrogens with one attached hydrogen (secondary N) is 1. The Morgan fingerprint density at radius 1 is 1.23 bits per heavy atom. The Balaban J connectivity index is 1.65. The number of fused-ring (bicyclic) bond motifs is 3. The van der Waals surface area contributed by atoms with Crippen LogP contribution in [0.25, 0.3) is 11.6 Å². The Kier molecular flexibility index (Phi) is 4.48. The lowest BCUT2D eigenvalue weighted by atomic mass is 10.0. The summed E-state index contributed by atoms with van der Waals surface area (Å²) < 4.78 is 3.76. The second-order valence-corrected chi connectivity index (χ2v) is 7.83. The summed E-state index contributed by atoms with van der Waals surface area (Å²) in [4.78, 5) is 28.0. The highest BCUT2D eigenvalue weighted by molar-refractivity contribution is 5.91. The molecule has 1 aliphatic carbocycles. The first-order chi connectivity index (χ1) is 14.6. The third-order valence-electron chi connectivity index (χ3n) is 6.08. The van der Waals surface area contributed by atoms with Crippen molar-refractivity contribution in [1.82, 2.24) is 39.6 Å². The van der Waals surface area contributed by atoms with Gasteiger partial charge in [0.1, 0.15) is 23.5 Å². The summed E-state index contributed by atoms with van der Waals surface area (Å²) >= 11 is 0. The Labute approximate surface area is 174 Å². The van der Waals surface area contributed by atoms with Crippen LogP contribution in [0.15, 0.2) is 18.7 Å². The van der Waals surface area contributed by atoms with E-state index in [0.717, 1.165) is 42.4 Å². The van der Waals surface area contributed by atoms with Gasteiger partial charge in [-0.15, -0.1) is 10.2 Å². The van der Waals surface area contributed by atoms with Crippen LogP contribution in [0, 0.1) is 6.92 Å². The van der Waals surface area contributed by atoms with Crippen LogP contribution in [0.4, 0.5) is 5.82 Å². The van der Waals surface area contributed by atoms with E-state index in [9.17, 15) is 4.79 Å². The molecule has 5 rings (SSSR count). The monoisotopic (exact) mass is 407 g/mol. The minimum absolute atomic E-state index is 0.119. The molecule has 1 saturated carbocycles. The Morgan fingerprint density at radius 3 is 2.77 bits per heavy atom. The van der Waals surface area contributed by atoms with Crippen LogP contribution >= 0.6 is 0 Å². The number of nitrogens with zero attached hydrogens (tertiary/aromatic N) is 8. The fraction of sp³-hybridized carbons (Fsp3) is 0.500. The van der Waals surface area contributed by atoms with Gasteiger partial charge in [0.2, 0.25) is 5.95 Å². The average molecular weight is 407 g/mol. The summed E-state index contributed by atoms with van der Waals surface area (Å²) in [6, 6.07) is 0.542. The molecule has 0 aromatic carbocycles. The number of anilines is 1. The van der Waals surface area contributed by atoms with Gasteiger partial charge < -0.3 is 10.2 Å². The predicted molar refractivity (Wildman–Crippen MR) is 110 cm³/mol. The summed E-state index contributed by atoms with van der Waals surface area (Å²) in [7, 11) is 1.58. The highest BCUT2D eigenvalue weighted by Crippen LogP contribution is 2.43. The number of carbonyl (C=O) groups is 1. The smallest absolute Gasteiger partial charge is 0.271 e. The van der Waals surface area contributed by atoms with E-state index in [2.05, 4.69) is 41.9 Å². The lowest BCUT2D eigenvalue weighted by molar-refractivity contribution is 0.0958. The number of aryl methyl sites for hydroxylation is 1. The zero-order valence-corrected chi connectivity index (χ0v) is 17.4. The zero-order valence-electron chi connectivity index (χ0n) is 17.4. The molecule has 0 unspecified atom stereocenters. The minimum Gasteiger partial charge on any atom is -0.354 e. The highest BCUT2D eigenvalue weighted by Gasteiger charge is 2.39. The lowest BCUT2D eigenvalue weighted by Gasteiger charge is -2.41. The van der Waals surface area contributed by atoms with Crippen LogP contribution in [-0.2, 0) is 0 Å². The molecular formula is C20H25N9O. The molecule has 30 heavy (non-hydrogen) atoms. The maximum atomic E-state index is 11.9. The van der Waals surface area contributed by atoms with Crippen LogP contribution in [0.1, 0.15) is 67.2 Å². The van der Waals surface area contributed by atoms with Gasteiger partial charge >= 0.3 is 0 Å². The number of hydrogen-bond acceptors (Lipinski definition) is 7. The van der Waals surface area contributed by atoms with Gasteiger partial charge in [-0.1, -0.05) is 19.8 Å². The van der Waals surface area contributed by atoms with Gasteiger partial charge in [0.05, 0.1) is 12.2 Å². The van der Waals surface area contributed by atoms with Crippen LogP contribution in [0.3, 0.4) is 0 Å². The maximum Gasteiger partial charge on any atom is 0.271 e. The van der Waals surface area contributed by atoms with Crippen LogP contribution in [0.5, 0.6) is 0 Å². The molecule has 1 aliphatic heterocycles. The van der Waals surface area contributed by atoms with Gasteiger partial charge in [-0.05, 0) is 26.2 Å². The molecule has 4 heterocycles. The summed E-state index contributed by atoms with van der Waals surface area (Å²) in [6.07, 6.45) is 10.7. The number of aromatic nitrogens is 7. The molecule has 1 amide bonds. The Bertz CT molecular complexity index is 1100. The third-order valence-corrected chi connectivity index (χ3v) is 6.08. The van der Waals surface area contributed by atoms with Crippen LogP contribution in [0.2, 0.25) is 0 Å². The number of hydrogen-bond donors (Lipinski definition) is 1. The molecule has 0 radical (unpaired) electrons. The zero-order chi connectivity index (χ0) is 20.8.